The molecule has 2 atom stereocenters. The second-order valence-electron chi connectivity index (χ2n) is 5.19. The number of hydrogen-bond acceptors (Lipinski definition) is 1. The van der Waals surface area contributed by atoms with E-state index >= 15 is 0 Å². The van der Waals surface area contributed by atoms with Gasteiger partial charge in [-0.1, -0.05) is 67.3 Å². The Morgan fingerprint density at radius 2 is 1.74 bits per heavy atom. The van der Waals surface area contributed by atoms with Gasteiger partial charge in [-0.15, -0.1) is 0 Å². The van der Waals surface area contributed by atoms with Gasteiger partial charge in [-0.3, -0.25) is 0 Å². The molecule has 0 fully saturated rings. The fourth-order valence-electron chi connectivity index (χ4n) is 3.19. The summed E-state index contributed by atoms with van der Waals surface area (Å²) < 4.78 is 0. The standard InChI is InChI=1S/C18H18O/c1-2-18(19)16-11-7-6-10-15(16)12-13-17(18)14-8-4-3-5-9-14/h2-11,17,19H,1,12-13H2/t17-,18+/m1/s1. The molecule has 0 saturated heterocycles. The van der Waals surface area contributed by atoms with E-state index in [0.717, 1.165) is 18.4 Å². The van der Waals surface area contributed by atoms with Crippen LogP contribution in [0, 0.1) is 0 Å². The van der Waals surface area contributed by atoms with Gasteiger partial charge >= 0.3 is 0 Å². The van der Waals surface area contributed by atoms with Crippen molar-refractivity contribution in [1.29, 1.82) is 0 Å². The second kappa shape index (κ2) is 4.67. The van der Waals surface area contributed by atoms with E-state index in [1.165, 1.54) is 11.1 Å². The van der Waals surface area contributed by atoms with Crippen LogP contribution in [0.2, 0.25) is 0 Å². The van der Waals surface area contributed by atoms with Crippen LogP contribution in [0.3, 0.4) is 0 Å². The van der Waals surface area contributed by atoms with Crippen LogP contribution in [-0.2, 0) is 12.0 Å². The maximum atomic E-state index is 11.1. The molecule has 1 N–H and O–H groups in total. The van der Waals surface area contributed by atoms with Crippen LogP contribution in [0.25, 0.3) is 0 Å². The maximum absolute atomic E-state index is 11.1. The van der Waals surface area contributed by atoms with Gasteiger partial charge in [-0.25, -0.2) is 0 Å². The van der Waals surface area contributed by atoms with Crippen LogP contribution in [0.15, 0.2) is 67.3 Å². The van der Waals surface area contributed by atoms with Crippen molar-refractivity contribution in [2.45, 2.75) is 24.4 Å². The number of rotatable bonds is 2. The molecule has 0 bridgehead atoms. The van der Waals surface area contributed by atoms with Crippen molar-refractivity contribution < 1.29 is 5.11 Å². The Kier molecular flexibility index (Phi) is 3.00. The summed E-state index contributed by atoms with van der Waals surface area (Å²) in [5, 5.41) is 11.1. The Balaban J connectivity index is 2.12. The molecule has 96 valence electrons. The lowest BCUT2D eigenvalue weighted by molar-refractivity contribution is 0.0469. The van der Waals surface area contributed by atoms with Gasteiger partial charge in [0.2, 0.25) is 0 Å². The number of hydrogen-bond donors (Lipinski definition) is 1. The van der Waals surface area contributed by atoms with Gasteiger partial charge in [0.15, 0.2) is 0 Å². The highest BCUT2D eigenvalue weighted by molar-refractivity contribution is 5.43. The zero-order valence-corrected chi connectivity index (χ0v) is 10.9. The fourth-order valence-corrected chi connectivity index (χ4v) is 3.19. The van der Waals surface area contributed by atoms with Crippen LogP contribution in [0.5, 0.6) is 0 Å². The highest BCUT2D eigenvalue weighted by atomic mass is 16.3. The van der Waals surface area contributed by atoms with E-state index in [1.807, 2.05) is 36.4 Å². The number of aliphatic hydroxyl groups is 1. The predicted molar refractivity (Wildman–Crippen MR) is 78.0 cm³/mol. The minimum Gasteiger partial charge on any atom is -0.380 e. The van der Waals surface area contributed by atoms with E-state index in [4.69, 9.17) is 0 Å². The molecule has 0 heterocycles. The Morgan fingerprint density at radius 1 is 1.05 bits per heavy atom. The monoisotopic (exact) mass is 250 g/mol. The van der Waals surface area contributed by atoms with Gasteiger partial charge in [0.25, 0.3) is 0 Å². The summed E-state index contributed by atoms with van der Waals surface area (Å²) in [4.78, 5) is 0. The van der Waals surface area contributed by atoms with E-state index < -0.39 is 5.60 Å². The van der Waals surface area contributed by atoms with Crippen molar-refractivity contribution in [2.24, 2.45) is 0 Å². The van der Waals surface area contributed by atoms with E-state index in [2.05, 4.69) is 24.8 Å². The molecule has 0 spiro atoms. The fraction of sp³-hybridized carbons (Fsp3) is 0.222. The van der Waals surface area contributed by atoms with Crippen molar-refractivity contribution in [2.75, 3.05) is 0 Å². The largest absolute Gasteiger partial charge is 0.380 e. The van der Waals surface area contributed by atoms with Crippen molar-refractivity contribution in [3.05, 3.63) is 83.9 Å². The average molecular weight is 250 g/mol. The lowest BCUT2D eigenvalue weighted by Crippen LogP contribution is -2.36. The average Bonchev–Trinajstić information content (AvgIpc) is 2.49. The van der Waals surface area contributed by atoms with Gasteiger partial charge in [0.1, 0.15) is 5.60 Å². The van der Waals surface area contributed by atoms with Gasteiger partial charge < -0.3 is 5.11 Å². The third-order valence-electron chi connectivity index (χ3n) is 4.20. The molecule has 19 heavy (non-hydrogen) atoms. The summed E-state index contributed by atoms with van der Waals surface area (Å²) >= 11 is 0. The molecule has 0 radical (unpaired) electrons. The molecule has 1 heteroatoms. The van der Waals surface area contributed by atoms with Crippen molar-refractivity contribution in [1.82, 2.24) is 0 Å². The second-order valence-corrected chi connectivity index (χ2v) is 5.19. The SMILES string of the molecule is C=C[C@]1(O)c2ccccc2CC[C@@H]1c1ccccc1. The Morgan fingerprint density at radius 3 is 2.47 bits per heavy atom. The van der Waals surface area contributed by atoms with Crippen LogP contribution in [0.1, 0.15) is 29.0 Å². The van der Waals surface area contributed by atoms with Gasteiger partial charge in [0.05, 0.1) is 0 Å². The molecule has 1 nitrogen and oxygen atoms in total. The first kappa shape index (κ1) is 12.2. The molecule has 3 rings (SSSR count). The topological polar surface area (TPSA) is 20.2 Å². The van der Waals surface area contributed by atoms with E-state index in [1.54, 1.807) is 6.08 Å². The minimum absolute atomic E-state index is 0.0844. The molecule has 0 aromatic heterocycles. The normalized spacial score (nSPS) is 25.6. The molecule has 1 aliphatic carbocycles. The summed E-state index contributed by atoms with van der Waals surface area (Å²) in [5.41, 5.74) is 2.46. The van der Waals surface area contributed by atoms with Crippen LogP contribution in [0.4, 0.5) is 0 Å². The van der Waals surface area contributed by atoms with Crippen molar-refractivity contribution >= 4 is 0 Å². The molecule has 1 aliphatic rings. The zero-order valence-electron chi connectivity index (χ0n) is 10.9. The summed E-state index contributed by atoms with van der Waals surface area (Å²) in [7, 11) is 0. The maximum Gasteiger partial charge on any atom is 0.115 e. The highest BCUT2D eigenvalue weighted by Gasteiger charge is 2.40. The van der Waals surface area contributed by atoms with E-state index in [0.29, 0.717) is 0 Å². The molecular formula is C18H18O. The smallest absolute Gasteiger partial charge is 0.115 e. The van der Waals surface area contributed by atoms with E-state index in [9.17, 15) is 5.11 Å². The van der Waals surface area contributed by atoms with Crippen molar-refractivity contribution in [3.8, 4) is 0 Å². The van der Waals surface area contributed by atoms with Crippen LogP contribution in [-0.4, -0.2) is 5.11 Å². The quantitative estimate of drug-likeness (QED) is 0.804. The Bertz CT molecular complexity index is 588. The molecule has 0 unspecified atom stereocenters. The van der Waals surface area contributed by atoms with Gasteiger partial charge in [-0.05, 0) is 29.5 Å². The lowest BCUT2D eigenvalue weighted by Gasteiger charge is -2.39. The first-order valence-electron chi connectivity index (χ1n) is 6.75. The minimum atomic E-state index is -0.962. The van der Waals surface area contributed by atoms with Crippen LogP contribution >= 0.6 is 0 Å². The number of aryl methyl sites for hydroxylation is 1. The van der Waals surface area contributed by atoms with Crippen molar-refractivity contribution in [3.63, 3.8) is 0 Å². The van der Waals surface area contributed by atoms with Gasteiger partial charge in [-0.2, -0.15) is 0 Å². The van der Waals surface area contributed by atoms with Crippen LogP contribution < -0.4 is 0 Å². The Hall–Kier alpha value is -1.86. The molecule has 0 amide bonds. The Labute approximate surface area is 114 Å². The zero-order chi connectivity index (χ0) is 13.3. The summed E-state index contributed by atoms with van der Waals surface area (Å²) in [5.74, 6) is 0.0844. The first-order valence-corrected chi connectivity index (χ1v) is 6.75. The molecule has 2 aromatic carbocycles. The molecule has 0 saturated carbocycles. The summed E-state index contributed by atoms with van der Waals surface area (Å²) in [6.07, 6.45) is 3.65. The predicted octanol–water partition coefficient (Wildman–Crippen LogP) is 3.79. The summed E-state index contributed by atoms with van der Waals surface area (Å²) in [6.45, 7) is 3.88. The third kappa shape index (κ3) is 1.91. The third-order valence-corrected chi connectivity index (χ3v) is 4.20. The van der Waals surface area contributed by atoms with E-state index in [-0.39, 0.29) is 5.92 Å². The van der Waals surface area contributed by atoms with Gasteiger partial charge in [0, 0.05) is 5.92 Å². The lowest BCUT2D eigenvalue weighted by atomic mass is 9.69. The number of benzene rings is 2. The molecule has 2 aromatic rings. The summed E-state index contributed by atoms with van der Waals surface area (Å²) in [6, 6.07) is 18.4. The highest BCUT2D eigenvalue weighted by Crippen LogP contribution is 2.46. The molecular weight excluding hydrogens is 232 g/mol. The number of fused-ring (bicyclic) bond motifs is 1. The first-order chi connectivity index (χ1) is 9.25. The molecule has 0 aliphatic heterocycles.